The van der Waals surface area contributed by atoms with E-state index in [0.717, 1.165) is 16.7 Å². The lowest BCUT2D eigenvalue weighted by atomic mass is 10.1. The lowest BCUT2D eigenvalue weighted by molar-refractivity contribution is -0.141. The Hall–Kier alpha value is -2.87. The highest BCUT2D eigenvalue weighted by molar-refractivity contribution is 7.92. The van der Waals surface area contributed by atoms with Crippen LogP contribution in [0.5, 0.6) is 0 Å². The topological polar surface area (TPSA) is 86.8 Å². The molecule has 198 valence electrons. The molecule has 0 radical (unpaired) electrons. The number of rotatable bonds is 13. The minimum absolute atomic E-state index is 0.137. The van der Waals surface area contributed by atoms with Crippen LogP contribution in [0.25, 0.3) is 0 Å². The highest BCUT2D eigenvalue weighted by atomic mass is 32.2. The second kappa shape index (κ2) is 13.4. The Balaban J connectivity index is 2.19. The second-order valence-corrected chi connectivity index (χ2v) is 11.8. The van der Waals surface area contributed by atoms with Crippen LogP contribution in [0.15, 0.2) is 48.5 Å². The van der Waals surface area contributed by atoms with Gasteiger partial charge in [-0.1, -0.05) is 68.3 Å². The van der Waals surface area contributed by atoms with Crippen LogP contribution < -0.4 is 9.62 Å². The highest BCUT2D eigenvalue weighted by Gasteiger charge is 2.29. The van der Waals surface area contributed by atoms with E-state index in [0.29, 0.717) is 37.5 Å². The molecule has 8 heteroatoms. The van der Waals surface area contributed by atoms with Crippen LogP contribution in [-0.2, 0) is 26.2 Å². The van der Waals surface area contributed by atoms with E-state index in [1.807, 2.05) is 71.0 Å². The molecule has 0 bridgehead atoms. The van der Waals surface area contributed by atoms with Crippen molar-refractivity contribution in [3.05, 3.63) is 65.2 Å². The summed E-state index contributed by atoms with van der Waals surface area (Å²) in [5.41, 5.74) is 3.68. The average Bonchev–Trinajstić information content (AvgIpc) is 2.81. The van der Waals surface area contributed by atoms with Crippen molar-refractivity contribution in [2.75, 3.05) is 23.7 Å². The molecule has 2 amide bonds. The minimum Gasteiger partial charge on any atom is -0.354 e. The number of carbonyl (C=O) groups is 2. The first-order chi connectivity index (χ1) is 16.9. The molecule has 0 unspecified atom stereocenters. The molecule has 0 heterocycles. The number of benzene rings is 2. The third-order valence-electron chi connectivity index (χ3n) is 6.02. The number of hydrogen-bond acceptors (Lipinski definition) is 4. The predicted octanol–water partition coefficient (Wildman–Crippen LogP) is 4.43. The van der Waals surface area contributed by atoms with Crippen molar-refractivity contribution in [3.63, 3.8) is 0 Å². The molecule has 2 aromatic carbocycles. The summed E-state index contributed by atoms with van der Waals surface area (Å²) in [6.45, 7) is 10.9. The number of hydrogen-bond donors (Lipinski definition) is 1. The van der Waals surface area contributed by atoms with Crippen LogP contribution >= 0.6 is 0 Å². The minimum atomic E-state index is -3.51. The van der Waals surface area contributed by atoms with Gasteiger partial charge in [0.2, 0.25) is 21.8 Å². The summed E-state index contributed by atoms with van der Waals surface area (Å²) in [5, 5.41) is 2.96. The molecule has 1 atom stereocenters. The van der Waals surface area contributed by atoms with Gasteiger partial charge in [0.15, 0.2) is 0 Å². The van der Waals surface area contributed by atoms with Gasteiger partial charge in [0, 0.05) is 26.1 Å². The van der Waals surface area contributed by atoms with Crippen LogP contribution in [0.3, 0.4) is 0 Å². The van der Waals surface area contributed by atoms with E-state index in [-0.39, 0.29) is 24.8 Å². The first-order valence-corrected chi connectivity index (χ1v) is 14.4. The largest absolute Gasteiger partial charge is 0.354 e. The number of amides is 2. The maximum Gasteiger partial charge on any atom is 0.242 e. The Bertz CT molecular complexity index is 1100. The van der Waals surface area contributed by atoms with Gasteiger partial charge in [0.1, 0.15) is 6.04 Å². The predicted molar refractivity (Wildman–Crippen MR) is 146 cm³/mol. The van der Waals surface area contributed by atoms with Gasteiger partial charge in [0.25, 0.3) is 0 Å². The zero-order valence-electron chi connectivity index (χ0n) is 22.5. The molecule has 0 saturated heterocycles. The Labute approximate surface area is 216 Å². The fraction of sp³-hybridized carbons (Fsp3) is 0.500. The fourth-order valence-corrected chi connectivity index (χ4v) is 4.91. The number of sulfonamides is 1. The molecular formula is C28H41N3O4S. The molecule has 7 nitrogen and oxygen atoms in total. The van der Waals surface area contributed by atoms with Gasteiger partial charge in [-0.15, -0.1) is 0 Å². The van der Waals surface area contributed by atoms with E-state index in [4.69, 9.17) is 0 Å². The van der Waals surface area contributed by atoms with Gasteiger partial charge in [-0.05, 0) is 50.3 Å². The van der Waals surface area contributed by atoms with E-state index < -0.39 is 16.1 Å². The number of carbonyl (C=O) groups excluding carboxylic acids is 2. The number of nitrogens with zero attached hydrogens (tertiary/aromatic N) is 2. The molecule has 2 aromatic rings. The van der Waals surface area contributed by atoms with Gasteiger partial charge in [-0.25, -0.2) is 8.42 Å². The van der Waals surface area contributed by atoms with Crippen molar-refractivity contribution in [2.45, 2.75) is 66.5 Å². The molecule has 36 heavy (non-hydrogen) atoms. The Morgan fingerprint density at radius 2 is 1.50 bits per heavy atom. The molecule has 0 saturated carbocycles. The van der Waals surface area contributed by atoms with Crippen LogP contribution in [0, 0.1) is 19.8 Å². The van der Waals surface area contributed by atoms with Gasteiger partial charge in [0.05, 0.1) is 11.9 Å². The van der Waals surface area contributed by atoms with E-state index >= 15 is 0 Å². The van der Waals surface area contributed by atoms with Crippen molar-refractivity contribution in [2.24, 2.45) is 5.92 Å². The van der Waals surface area contributed by atoms with Gasteiger partial charge in [-0.2, -0.15) is 0 Å². The first-order valence-electron chi connectivity index (χ1n) is 12.6. The summed E-state index contributed by atoms with van der Waals surface area (Å²) in [5.74, 6) is -0.0278. The number of nitrogens with one attached hydrogen (secondary N) is 1. The van der Waals surface area contributed by atoms with E-state index in [1.165, 1.54) is 10.6 Å². The van der Waals surface area contributed by atoms with Gasteiger partial charge >= 0.3 is 0 Å². The molecule has 2 rings (SSSR count). The van der Waals surface area contributed by atoms with Crippen molar-refractivity contribution in [3.8, 4) is 0 Å². The zero-order chi connectivity index (χ0) is 26.9. The average molecular weight is 516 g/mol. The van der Waals surface area contributed by atoms with E-state index in [2.05, 4.69) is 5.32 Å². The van der Waals surface area contributed by atoms with Crippen LogP contribution in [0.1, 0.15) is 56.7 Å². The molecule has 0 spiro atoms. The molecule has 0 aliphatic carbocycles. The molecule has 0 fully saturated rings. The number of aryl methyl sites for hydroxylation is 2. The molecule has 0 aliphatic heterocycles. The van der Waals surface area contributed by atoms with Gasteiger partial charge in [-0.3, -0.25) is 13.9 Å². The Kier molecular flexibility index (Phi) is 11.0. The summed E-state index contributed by atoms with van der Waals surface area (Å²) in [4.78, 5) is 28.1. The lowest BCUT2D eigenvalue weighted by Crippen LogP contribution is -2.49. The summed E-state index contributed by atoms with van der Waals surface area (Å²) in [7, 11) is -3.51. The standard InChI is InChI=1S/C28H41N3O4S/c1-7-26(28(33)29-19-21(2)3)30(20-24-14-10-22(4)11-15-24)27(32)9-8-18-31(36(6,34)35)25-16-12-23(5)13-17-25/h10-17,21,26H,7-9,18-20H2,1-6H3,(H,29,33)/t26-/m0/s1. The maximum absolute atomic E-state index is 13.4. The van der Waals surface area contributed by atoms with Crippen LogP contribution in [0.4, 0.5) is 5.69 Å². The molecule has 1 N–H and O–H groups in total. The Morgan fingerprint density at radius 1 is 0.944 bits per heavy atom. The summed E-state index contributed by atoms with van der Waals surface area (Å²) >= 11 is 0. The molecular weight excluding hydrogens is 474 g/mol. The normalized spacial score (nSPS) is 12.3. The third kappa shape index (κ3) is 8.97. The Morgan fingerprint density at radius 3 is 2.00 bits per heavy atom. The SMILES string of the molecule is CC[C@@H](C(=O)NCC(C)C)N(Cc1ccc(C)cc1)C(=O)CCCN(c1ccc(C)cc1)S(C)(=O)=O. The summed E-state index contributed by atoms with van der Waals surface area (Å²) < 4.78 is 26.2. The first kappa shape index (κ1) is 29.4. The van der Waals surface area contributed by atoms with E-state index in [1.54, 1.807) is 17.0 Å². The lowest BCUT2D eigenvalue weighted by Gasteiger charge is -2.31. The van der Waals surface area contributed by atoms with Crippen molar-refractivity contribution >= 4 is 27.5 Å². The quantitative estimate of drug-likeness (QED) is 0.428. The second-order valence-electron chi connectivity index (χ2n) is 9.84. The van der Waals surface area contributed by atoms with E-state index in [9.17, 15) is 18.0 Å². The van der Waals surface area contributed by atoms with Crippen molar-refractivity contribution in [1.82, 2.24) is 10.2 Å². The molecule has 0 aliphatic rings. The van der Waals surface area contributed by atoms with Gasteiger partial charge < -0.3 is 10.2 Å². The monoisotopic (exact) mass is 515 g/mol. The fourth-order valence-electron chi connectivity index (χ4n) is 3.95. The van der Waals surface area contributed by atoms with Crippen LogP contribution in [0.2, 0.25) is 0 Å². The maximum atomic E-state index is 13.4. The van der Waals surface area contributed by atoms with Crippen LogP contribution in [-0.4, -0.2) is 50.5 Å². The highest BCUT2D eigenvalue weighted by Crippen LogP contribution is 2.20. The van der Waals surface area contributed by atoms with Crippen molar-refractivity contribution < 1.29 is 18.0 Å². The number of anilines is 1. The third-order valence-corrected chi connectivity index (χ3v) is 7.21. The zero-order valence-corrected chi connectivity index (χ0v) is 23.3. The molecule has 0 aromatic heterocycles. The van der Waals surface area contributed by atoms with Crippen molar-refractivity contribution in [1.29, 1.82) is 0 Å². The summed E-state index contributed by atoms with van der Waals surface area (Å²) in [6, 6.07) is 14.6. The smallest absolute Gasteiger partial charge is 0.242 e. The summed E-state index contributed by atoms with van der Waals surface area (Å²) in [6.07, 6.45) is 2.14.